The van der Waals surface area contributed by atoms with E-state index in [4.69, 9.17) is 0 Å². The van der Waals surface area contributed by atoms with Crippen LogP contribution >= 0.6 is 0 Å². The molecule has 3 rings (SSSR count). The minimum absolute atomic E-state index is 0.238. The van der Waals surface area contributed by atoms with Gasteiger partial charge in [-0.3, -0.25) is 9.59 Å². The molecule has 0 atom stereocenters. The highest BCUT2D eigenvalue weighted by molar-refractivity contribution is 5.96. The molecule has 0 spiro atoms. The molecule has 0 aliphatic heterocycles. The quantitative estimate of drug-likeness (QED) is 0.734. The molecule has 2 aromatic carbocycles. The van der Waals surface area contributed by atoms with Crippen LogP contribution in [0.3, 0.4) is 0 Å². The predicted octanol–water partition coefficient (Wildman–Crippen LogP) is 2.59. The van der Waals surface area contributed by atoms with Crippen molar-refractivity contribution in [3.63, 3.8) is 0 Å². The van der Waals surface area contributed by atoms with Crippen molar-refractivity contribution in [1.82, 2.24) is 9.88 Å². The van der Waals surface area contributed by atoms with Gasteiger partial charge in [0.25, 0.3) is 11.5 Å². The smallest absolute Gasteiger partial charge is 0.337 e. The van der Waals surface area contributed by atoms with Crippen LogP contribution in [0.1, 0.15) is 26.4 Å². The zero-order valence-electron chi connectivity index (χ0n) is 14.5. The highest BCUT2D eigenvalue weighted by Crippen LogP contribution is 2.13. The second-order valence-corrected chi connectivity index (χ2v) is 5.95. The monoisotopic (exact) mass is 350 g/mol. The number of carbonyl (C=O) groups excluding carboxylic acids is 2. The van der Waals surface area contributed by atoms with Gasteiger partial charge < -0.3 is 14.6 Å². The van der Waals surface area contributed by atoms with Crippen LogP contribution in [0.4, 0.5) is 0 Å². The molecule has 0 unspecified atom stereocenters. The molecule has 3 aromatic rings. The number of hydrogen-bond donors (Lipinski definition) is 1. The summed E-state index contributed by atoms with van der Waals surface area (Å²) in [7, 11) is 2.98. The molecule has 1 heterocycles. The Bertz CT molecular complexity index is 1020. The summed E-state index contributed by atoms with van der Waals surface area (Å²) < 4.78 is 4.66. The van der Waals surface area contributed by atoms with Gasteiger partial charge in [0.1, 0.15) is 5.69 Å². The lowest BCUT2D eigenvalue weighted by Crippen LogP contribution is -2.28. The van der Waals surface area contributed by atoms with Gasteiger partial charge in [0.2, 0.25) is 0 Å². The van der Waals surface area contributed by atoms with Crippen molar-refractivity contribution < 1.29 is 14.3 Å². The number of amides is 1. The van der Waals surface area contributed by atoms with Crippen molar-refractivity contribution in [2.24, 2.45) is 0 Å². The van der Waals surface area contributed by atoms with E-state index in [1.54, 1.807) is 55.6 Å². The number of pyridine rings is 1. The third-order valence-corrected chi connectivity index (χ3v) is 4.13. The summed E-state index contributed by atoms with van der Waals surface area (Å²) >= 11 is 0. The first-order chi connectivity index (χ1) is 12.5. The van der Waals surface area contributed by atoms with Crippen LogP contribution < -0.4 is 5.56 Å². The number of methoxy groups -OCH3 is 1. The molecule has 1 N–H and O–H groups in total. The molecule has 0 bridgehead atoms. The Kier molecular flexibility index (Phi) is 4.84. The Hall–Kier alpha value is -3.41. The molecule has 0 aliphatic carbocycles. The summed E-state index contributed by atoms with van der Waals surface area (Å²) in [6.45, 7) is 0.342. The summed E-state index contributed by atoms with van der Waals surface area (Å²) in [6.07, 6.45) is 0. The van der Waals surface area contributed by atoms with Crippen LogP contribution in [0.2, 0.25) is 0 Å². The number of H-pyrrole nitrogens is 1. The first-order valence-corrected chi connectivity index (χ1v) is 8.04. The summed E-state index contributed by atoms with van der Waals surface area (Å²) in [4.78, 5) is 40.4. The van der Waals surface area contributed by atoms with Crippen molar-refractivity contribution in [2.75, 3.05) is 14.2 Å². The van der Waals surface area contributed by atoms with E-state index in [2.05, 4.69) is 9.72 Å². The largest absolute Gasteiger partial charge is 0.465 e. The van der Waals surface area contributed by atoms with Gasteiger partial charge in [-0.25, -0.2) is 4.79 Å². The van der Waals surface area contributed by atoms with E-state index in [1.165, 1.54) is 12.0 Å². The fourth-order valence-corrected chi connectivity index (χ4v) is 2.74. The number of aromatic nitrogens is 1. The predicted molar refractivity (Wildman–Crippen MR) is 98.1 cm³/mol. The van der Waals surface area contributed by atoms with Crippen molar-refractivity contribution in [2.45, 2.75) is 6.54 Å². The highest BCUT2D eigenvalue weighted by Gasteiger charge is 2.15. The molecule has 26 heavy (non-hydrogen) atoms. The number of nitrogens with one attached hydrogen (secondary N) is 1. The van der Waals surface area contributed by atoms with Gasteiger partial charge in [-0.05, 0) is 35.2 Å². The normalized spacial score (nSPS) is 10.5. The van der Waals surface area contributed by atoms with E-state index in [9.17, 15) is 14.4 Å². The molecule has 6 nitrogen and oxygen atoms in total. The summed E-state index contributed by atoms with van der Waals surface area (Å²) in [6, 6.07) is 15.6. The van der Waals surface area contributed by atoms with Crippen LogP contribution in [-0.4, -0.2) is 35.9 Å². The first kappa shape index (κ1) is 17.4. The highest BCUT2D eigenvalue weighted by atomic mass is 16.5. The van der Waals surface area contributed by atoms with Crippen molar-refractivity contribution >= 4 is 22.6 Å². The molecule has 132 valence electrons. The number of ether oxygens (including phenoxy) is 1. The molecule has 6 heteroatoms. The van der Waals surface area contributed by atoms with E-state index in [1.807, 2.05) is 6.07 Å². The number of fused-ring (bicyclic) bond motifs is 1. The van der Waals surface area contributed by atoms with Crippen molar-refractivity contribution in [1.29, 1.82) is 0 Å². The summed E-state index contributed by atoms with van der Waals surface area (Å²) in [5.74, 6) is -0.695. The van der Waals surface area contributed by atoms with E-state index < -0.39 is 5.97 Å². The Morgan fingerprint density at radius 3 is 2.46 bits per heavy atom. The molecule has 0 aliphatic rings. The van der Waals surface area contributed by atoms with Gasteiger partial charge in [0.05, 0.1) is 12.7 Å². The molecule has 1 aromatic heterocycles. The Morgan fingerprint density at radius 1 is 1.08 bits per heavy atom. The fourth-order valence-electron chi connectivity index (χ4n) is 2.74. The molecule has 0 radical (unpaired) electrons. The third kappa shape index (κ3) is 3.49. The maximum Gasteiger partial charge on any atom is 0.337 e. The maximum atomic E-state index is 12.6. The number of aromatic amines is 1. The number of benzene rings is 2. The molecule has 0 fully saturated rings. The molecular formula is C20H18N2O4. The zero-order valence-corrected chi connectivity index (χ0v) is 14.5. The average molecular weight is 350 g/mol. The van der Waals surface area contributed by atoms with Crippen LogP contribution in [0.15, 0.2) is 59.4 Å². The lowest BCUT2D eigenvalue weighted by molar-refractivity contribution is 0.0600. The van der Waals surface area contributed by atoms with Gasteiger partial charge in [-0.2, -0.15) is 0 Å². The molecule has 0 saturated carbocycles. The van der Waals surface area contributed by atoms with Gasteiger partial charge >= 0.3 is 5.97 Å². The Balaban J connectivity index is 1.79. The standard InChI is InChI=1S/C20H18N2O4/c1-22(12-13-7-9-14(10-8-13)20(25)26-2)19(24)17-11-15-5-3-4-6-16(15)18(23)21-17/h3-11H,12H2,1-2H3,(H,21,23). The number of esters is 1. The fraction of sp³-hybridized carbons (Fsp3) is 0.150. The van der Waals surface area contributed by atoms with Gasteiger partial charge in [0.15, 0.2) is 0 Å². The van der Waals surface area contributed by atoms with Crippen LogP contribution in [0.25, 0.3) is 10.8 Å². The maximum absolute atomic E-state index is 12.6. The van der Waals surface area contributed by atoms with Gasteiger partial charge in [-0.1, -0.05) is 30.3 Å². The Labute approximate surface area is 150 Å². The minimum atomic E-state index is -0.408. The zero-order chi connectivity index (χ0) is 18.7. The van der Waals surface area contributed by atoms with Crippen molar-refractivity contribution in [3.05, 3.63) is 81.8 Å². The lowest BCUT2D eigenvalue weighted by atomic mass is 10.1. The SMILES string of the molecule is COC(=O)c1ccc(CN(C)C(=O)c2cc3ccccc3c(=O)[nH]2)cc1. The number of rotatable bonds is 4. The van der Waals surface area contributed by atoms with Crippen molar-refractivity contribution in [3.8, 4) is 0 Å². The number of hydrogen-bond acceptors (Lipinski definition) is 4. The summed E-state index contributed by atoms with van der Waals surface area (Å²) in [5.41, 5.74) is 1.25. The third-order valence-electron chi connectivity index (χ3n) is 4.13. The minimum Gasteiger partial charge on any atom is -0.465 e. The van der Waals surface area contributed by atoms with E-state index in [-0.39, 0.29) is 17.2 Å². The number of nitrogens with zero attached hydrogens (tertiary/aromatic N) is 1. The van der Waals surface area contributed by atoms with Crippen LogP contribution in [-0.2, 0) is 11.3 Å². The van der Waals surface area contributed by atoms with Gasteiger partial charge in [0, 0.05) is 19.0 Å². The van der Waals surface area contributed by atoms with Gasteiger partial charge in [-0.15, -0.1) is 0 Å². The second kappa shape index (κ2) is 7.23. The van der Waals surface area contributed by atoms with Crippen LogP contribution in [0.5, 0.6) is 0 Å². The first-order valence-electron chi connectivity index (χ1n) is 8.04. The molecular weight excluding hydrogens is 332 g/mol. The summed E-state index contributed by atoms with van der Waals surface area (Å²) in [5, 5.41) is 1.26. The lowest BCUT2D eigenvalue weighted by Gasteiger charge is -2.17. The van der Waals surface area contributed by atoms with Crippen LogP contribution in [0, 0.1) is 0 Å². The number of carbonyl (C=O) groups is 2. The topological polar surface area (TPSA) is 79.5 Å². The second-order valence-electron chi connectivity index (χ2n) is 5.95. The van der Waals surface area contributed by atoms with E-state index >= 15 is 0 Å². The molecule has 1 amide bonds. The molecule has 0 saturated heterocycles. The van der Waals surface area contributed by atoms with E-state index in [0.29, 0.717) is 17.5 Å². The average Bonchev–Trinajstić information content (AvgIpc) is 2.67. The Morgan fingerprint density at radius 2 is 1.77 bits per heavy atom. The van der Waals surface area contributed by atoms with E-state index in [0.717, 1.165) is 10.9 Å².